The van der Waals surface area contributed by atoms with Crippen LogP contribution in [0.3, 0.4) is 0 Å². The predicted molar refractivity (Wildman–Crippen MR) is 92.0 cm³/mol. The molecule has 4 heteroatoms. The van der Waals surface area contributed by atoms with Gasteiger partial charge in [-0.2, -0.15) is 0 Å². The number of aliphatic hydroxyl groups is 1. The molecule has 2 rings (SSSR count). The fraction of sp³-hybridized carbons (Fsp3) is 0.368. The second kappa shape index (κ2) is 8.56. The van der Waals surface area contributed by atoms with Gasteiger partial charge in [-0.25, -0.2) is 0 Å². The number of aryl methyl sites for hydroxylation is 2. The summed E-state index contributed by atoms with van der Waals surface area (Å²) in [5, 5.41) is 10.0. The number of nitrogens with two attached hydrogens (primary N) is 1. The summed E-state index contributed by atoms with van der Waals surface area (Å²) >= 11 is 0. The van der Waals surface area contributed by atoms with Crippen LogP contribution in [0.5, 0.6) is 11.5 Å². The highest BCUT2D eigenvalue weighted by Gasteiger charge is 2.16. The largest absolute Gasteiger partial charge is 0.496 e. The maximum absolute atomic E-state index is 10.0. The fourth-order valence-electron chi connectivity index (χ4n) is 2.69. The van der Waals surface area contributed by atoms with E-state index in [1.165, 1.54) is 5.56 Å². The van der Waals surface area contributed by atoms with E-state index < -0.39 is 6.10 Å². The minimum atomic E-state index is -0.753. The van der Waals surface area contributed by atoms with Gasteiger partial charge in [-0.3, -0.25) is 0 Å². The molecule has 124 valence electrons. The van der Waals surface area contributed by atoms with Crippen molar-refractivity contribution in [2.24, 2.45) is 5.73 Å². The normalized spacial score (nSPS) is 12.0. The van der Waals surface area contributed by atoms with E-state index in [1.807, 2.05) is 18.2 Å². The SMILES string of the molecule is COc1cc(C(O)CN)c(OC)cc1CCCc1ccccc1. The molecule has 0 saturated carbocycles. The lowest BCUT2D eigenvalue weighted by Gasteiger charge is -2.17. The van der Waals surface area contributed by atoms with Crippen LogP contribution in [-0.4, -0.2) is 25.9 Å². The molecule has 0 fully saturated rings. The van der Waals surface area contributed by atoms with Crippen LogP contribution in [0.1, 0.15) is 29.2 Å². The van der Waals surface area contributed by atoms with Crippen molar-refractivity contribution in [1.29, 1.82) is 0 Å². The van der Waals surface area contributed by atoms with E-state index in [4.69, 9.17) is 15.2 Å². The topological polar surface area (TPSA) is 64.7 Å². The molecule has 0 bridgehead atoms. The van der Waals surface area contributed by atoms with Gasteiger partial charge >= 0.3 is 0 Å². The van der Waals surface area contributed by atoms with Crippen molar-refractivity contribution in [1.82, 2.24) is 0 Å². The molecule has 3 N–H and O–H groups in total. The molecule has 1 atom stereocenters. The zero-order valence-corrected chi connectivity index (χ0v) is 13.8. The van der Waals surface area contributed by atoms with Gasteiger partial charge in [0.15, 0.2) is 0 Å². The number of hydrogen-bond acceptors (Lipinski definition) is 4. The lowest BCUT2D eigenvalue weighted by molar-refractivity contribution is 0.181. The number of aliphatic hydroxyl groups excluding tert-OH is 1. The van der Waals surface area contributed by atoms with Crippen molar-refractivity contribution in [2.75, 3.05) is 20.8 Å². The van der Waals surface area contributed by atoms with Crippen molar-refractivity contribution < 1.29 is 14.6 Å². The van der Waals surface area contributed by atoms with Crippen LogP contribution in [0.15, 0.2) is 42.5 Å². The second-order valence-electron chi connectivity index (χ2n) is 5.50. The zero-order chi connectivity index (χ0) is 16.7. The number of ether oxygens (including phenoxy) is 2. The quantitative estimate of drug-likeness (QED) is 0.786. The first-order chi connectivity index (χ1) is 11.2. The molecule has 0 radical (unpaired) electrons. The van der Waals surface area contributed by atoms with Crippen LogP contribution in [0.2, 0.25) is 0 Å². The average Bonchev–Trinajstić information content (AvgIpc) is 2.61. The smallest absolute Gasteiger partial charge is 0.125 e. The Kier molecular flexibility index (Phi) is 6.44. The Balaban J connectivity index is 2.14. The van der Waals surface area contributed by atoms with E-state index in [9.17, 15) is 5.11 Å². The highest BCUT2D eigenvalue weighted by Crippen LogP contribution is 2.33. The summed E-state index contributed by atoms with van der Waals surface area (Å²) < 4.78 is 10.9. The Bertz CT molecular complexity index is 614. The third-order valence-electron chi connectivity index (χ3n) is 3.97. The van der Waals surface area contributed by atoms with Gasteiger partial charge in [0.05, 0.1) is 20.3 Å². The Hall–Kier alpha value is -2.04. The maximum Gasteiger partial charge on any atom is 0.125 e. The monoisotopic (exact) mass is 315 g/mol. The Morgan fingerprint density at radius 3 is 2.30 bits per heavy atom. The third-order valence-corrected chi connectivity index (χ3v) is 3.97. The molecular formula is C19H25NO3. The molecule has 0 spiro atoms. The van der Waals surface area contributed by atoms with Gasteiger partial charge in [0.25, 0.3) is 0 Å². The standard InChI is InChI=1S/C19H25NO3/c1-22-18-12-16(17(21)13-20)19(23-2)11-15(18)10-6-9-14-7-4-3-5-8-14/h3-5,7-8,11-12,17,21H,6,9-10,13,20H2,1-2H3. The molecule has 0 aliphatic heterocycles. The average molecular weight is 315 g/mol. The molecule has 1 unspecified atom stereocenters. The van der Waals surface area contributed by atoms with Gasteiger partial charge in [-0.05, 0) is 42.5 Å². The molecule has 2 aromatic rings. The number of hydrogen-bond donors (Lipinski definition) is 2. The van der Waals surface area contributed by atoms with E-state index in [2.05, 4.69) is 24.3 Å². The molecular weight excluding hydrogens is 290 g/mol. The van der Waals surface area contributed by atoms with Crippen molar-refractivity contribution in [2.45, 2.75) is 25.4 Å². The van der Waals surface area contributed by atoms with Crippen molar-refractivity contribution >= 4 is 0 Å². The Morgan fingerprint density at radius 2 is 1.70 bits per heavy atom. The lowest BCUT2D eigenvalue weighted by Crippen LogP contribution is -2.13. The first-order valence-electron chi connectivity index (χ1n) is 7.86. The van der Waals surface area contributed by atoms with E-state index >= 15 is 0 Å². The van der Waals surface area contributed by atoms with Gasteiger partial charge < -0.3 is 20.3 Å². The first kappa shape index (κ1) is 17.3. The van der Waals surface area contributed by atoms with Crippen LogP contribution < -0.4 is 15.2 Å². The van der Waals surface area contributed by atoms with Gasteiger partial charge in [0.2, 0.25) is 0 Å². The highest BCUT2D eigenvalue weighted by atomic mass is 16.5. The van der Waals surface area contributed by atoms with Gasteiger partial charge in [-0.15, -0.1) is 0 Å². The van der Waals surface area contributed by atoms with E-state index in [0.717, 1.165) is 30.6 Å². The predicted octanol–water partition coefficient (Wildman–Crippen LogP) is 2.87. The second-order valence-corrected chi connectivity index (χ2v) is 5.50. The molecule has 23 heavy (non-hydrogen) atoms. The Morgan fingerprint density at radius 1 is 1.00 bits per heavy atom. The van der Waals surface area contributed by atoms with E-state index in [-0.39, 0.29) is 6.54 Å². The third kappa shape index (κ3) is 4.47. The first-order valence-corrected chi connectivity index (χ1v) is 7.86. The van der Waals surface area contributed by atoms with Gasteiger partial charge in [-0.1, -0.05) is 30.3 Å². The summed E-state index contributed by atoms with van der Waals surface area (Å²) in [6.07, 6.45) is 2.16. The van der Waals surface area contributed by atoms with Crippen molar-refractivity contribution in [3.63, 3.8) is 0 Å². The summed E-state index contributed by atoms with van der Waals surface area (Å²) in [5.41, 5.74) is 8.63. The maximum atomic E-state index is 10.0. The van der Waals surface area contributed by atoms with E-state index in [0.29, 0.717) is 11.3 Å². The zero-order valence-electron chi connectivity index (χ0n) is 13.8. The summed E-state index contributed by atoms with van der Waals surface area (Å²) in [7, 11) is 3.24. The number of benzene rings is 2. The molecule has 0 aliphatic rings. The summed E-state index contributed by atoms with van der Waals surface area (Å²) in [6.45, 7) is 0.146. The highest BCUT2D eigenvalue weighted by molar-refractivity contribution is 5.47. The molecule has 4 nitrogen and oxygen atoms in total. The van der Waals surface area contributed by atoms with Crippen LogP contribution in [-0.2, 0) is 12.8 Å². The minimum Gasteiger partial charge on any atom is -0.496 e. The lowest BCUT2D eigenvalue weighted by atomic mass is 9.99. The molecule has 0 saturated heterocycles. The molecule has 0 aromatic heterocycles. The van der Waals surface area contributed by atoms with Crippen molar-refractivity contribution in [3.05, 3.63) is 59.2 Å². The van der Waals surface area contributed by atoms with Gasteiger partial charge in [0.1, 0.15) is 11.5 Å². The van der Waals surface area contributed by atoms with Crippen LogP contribution in [0.25, 0.3) is 0 Å². The van der Waals surface area contributed by atoms with Crippen LogP contribution >= 0.6 is 0 Å². The van der Waals surface area contributed by atoms with E-state index in [1.54, 1.807) is 14.2 Å². The molecule has 0 amide bonds. The summed E-state index contributed by atoms with van der Waals surface area (Å²) in [4.78, 5) is 0. The molecule has 2 aromatic carbocycles. The van der Waals surface area contributed by atoms with Gasteiger partial charge in [0, 0.05) is 12.1 Å². The van der Waals surface area contributed by atoms with Crippen molar-refractivity contribution in [3.8, 4) is 11.5 Å². The number of methoxy groups -OCH3 is 2. The van der Waals surface area contributed by atoms with Crippen LogP contribution in [0, 0.1) is 0 Å². The fourth-order valence-corrected chi connectivity index (χ4v) is 2.69. The summed E-state index contributed by atoms with van der Waals surface area (Å²) in [6, 6.07) is 14.2. The number of rotatable bonds is 8. The minimum absolute atomic E-state index is 0.146. The summed E-state index contributed by atoms with van der Waals surface area (Å²) in [5.74, 6) is 1.42. The molecule has 0 aliphatic carbocycles. The van der Waals surface area contributed by atoms with Crippen LogP contribution in [0.4, 0.5) is 0 Å². The molecule has 0 heterocycles. The Labute approximate surface area is 137 Å².